The van der Waals surface area contributed by atoms with Crippen LogP contribution in [0.5, 0.6) is 0 Å². The van der Waals surface area contributed by atoms with Crippen LogP contribution in [0.3, 0.4) is 0 Å². The van der Waals surface area contributed by atoms with Crippen molar-refractivity contribution in [3.05, 3.63) is 36.2 Å². The molecule has 0 fully saturated rings. The van der Waals surface area contributed by atoms with Gasteiger partial charge < -0.3 is 9.88 Å². The second kappa shape index (κ2) is 4.94. The number of hydrogen-bond donors (Lipinski definition) is 1. The van der Waals surface area contributed by atoms with Crippen molar-refractivity contribution in [2.45, 2.75) is 20.0 Å². The summed E-state index contributed by atoms with van der Waals surface area (Å²) in [5.74, 6) is 0.967. The summed E-state index contributed by atoms with van der Waals surface area (Å²) < 4.78 is 3.99. The first kappa shape index (κ1) is 10.9. The van der Waals surface area contributed by atoms with Crippen LogP contribution in [0, 0.1) is 0 Å². The second-order valence-corrected chi connectivity index (χ2v) is 3.71. The summed E-state index contributed by atoms with van der Waals surface area (Å²) in [7, 11) is 1.91. The van der Waals surface area contributed by atoms with Crippen molar-refractivity contribution in [3.8, 4) is 0 Å². The molecule has 0 radical (unpaired) electrons. The van der Waals surface area contributed by atoms with E-state index in [9.17, 15) is 0 Å². The molecule has 0 aliphatic rings. The maximum Gasteiger partial charge on any atom is 0.146 e. The standard InChI is InChI=1S/C11H17N5/c1-3-12-7-10-5-4-6-16(10)8-11-13-9-14-15(11)2/h4-6,9,12H,3,7-8H2,1-2H3. The Hall–Kier alpha value is -1.62. The Labute approximate surface area is 95.1 Å². The van der Waals surface area contributed by atoms with Crippen LogP contribution >= 0.6 is 0 Å². The van der Waals surface area contributed by atoms with E-state index in [1.807, 2.05) is 7.05 Å². The Morgan fingerprint density at radius 1 is 1.44 bits per heavy atom. The first-order valence-electron chi connectivity index (χ1n) is 5.49. The fourth-order valence-corrected chi connectivity index (χ4v) is 1.63. The highest BCUT2D eigenvalue weighted by molar-refractivity contribution is 5.08. The van der Waals surface area contributed by atoms with E-state index in [-0.39, 0.29) is 0 Å². The minimum atomic E-state index is 0.768. The first-order chi connectivity index (χ1) is 7.81. The second-order valence-electron chi connectivity index (χ2n) is 3.71. The lowest BCUT2D eigenvalue weighted by Gasteiger charge is -2.08. The summed E-state index contributed by atoms with van der Waals surface area (Å²) in [5.41, 5.74) is 1.27. The molecule has 2 heterocycles. The van der Waals surface area contributed by atoms with Gasteiger partial charge in [-0.3, -0.25) is 4.68 Å². The molecular weight excluding hydrogens is 202 g/mol. The third-order valence-corrected chi connectivity index (χ3v) is 2.60. The lowest BCUT2D eigenvalue weighted by atomic mass is 10.4. The molecule has 5 nitrogen and oxygen atoms in total. The Morgan fingerprint density at radius 3 is 3.00 bits per heavy atom. The fraction of sp³-hybridized carbons (Fsp3) is 0.455. The number of hydrogen-bond acceptors (Lipinski definition) is 3. The van der Waals surface area contributed by atoms with Crippen molar-refractivity contribution in [2.24, 2.45) is 7.05 Å². The molecule has 16 heavy (non-hydrogen) atoms. The molecule has 0 saturated carbocycles. The molecule has 0 bridgehead atoms. The van der Waals surface area contributed by atoms with Gasteiger partial charge in [0.25, 0.3) is 0 Å². The fourth-order valence-electron chi connectivity index (χ4n) is 1.63. The predicted molar refractivity (Wildman–Crippen MR) is 61.9 cm³/mol. The van der Waals surface area contributed by atoms with Gasteiger partial charge in [-0.15, -0.1) is 0 Å². The Kier molecular flexibility index (Phi) is 3.36. The SMILES string of the molecule is CCNCc1cccn1Cc1ncnn1C. The van der Waals surface area contributed by atoms with Gasteiger partial charge in [-0.05, 0) is 18.7 Å². The van der Waals surface area contributed by atoms with Gasteiger partial charge in [-0.25, -0.2) is 4.98 Å². The minimum Gasteiger partial charge on any atom is -0.343 e. The summed E-state index contributed by atoms with van der Waals surface area (Å²) in [4.78, 5) is 4.22. The topological polar surface area (TPSA) is 47.7 Å². The van der Waals surface area contributed by atoms with Crippen LogP contribution in [-0.2, 0) is 20.1 Å². The van der Waals surface area contributed by atoms with E-state index in [1.54, 1.807) is 11.0 Å². The third kappa shape index (κ3) is 2.30. The Bertz CT molecular complexity index is 443. The van der Waals surface area contributed by atoms with Crippen LogP contribution in [0.1, 0.15) is 18.4 Å². The largest absolute Gasteiger partial charge is 0.343 e. The quantitative estimate of drug-likeness (QED) is 0.808. The van der Waals surface area contributed by atoms with Crippen LogP contribution in [-0.4, -0.2) is 25.9 Å². The molecule has 2 aromatic rings. The predicted octanol–water partition coefficient (Wildman–Crippen LogP) is 0.774. The van der Waals surface area contributed by atoms with Crippen LogP contribution in [0.2, 0.25) is 0 Å². The average Bonchev–Trinajstić information content (AvgIpc) is 2.87. The van der Waals surface area contributed by atoms with Crippen molar-refractivity contribution < 1.29 is 0 Å². The number of nitrogens with zero attached hydrogens (tertiary/aromatic N) is 4. The molecule has 0 aliphatic carbocycles. The van der Waals surface area contributed by atoms with Gasteiger partial charge in [0.05, 0.1) is 6.54 Å². The minimum absolute atomic E-state index is 0.768. The van der Waals surface area contributed by atoms with Gasteiger partial charge in [0.15, 0.2) is 0 Å². The molecule has 0 unspecified atom stereocenters. The van der Waals surface area contributed by atoms with Crippen molar-refractivity contribution in [1.82, 2.24) is 24.6 Å². The van der Waals surface area contributed by atoms with Crippen molar-refractivity contribution >= 4 is 0 Å². The van der Waals surface area contributed by atoms with Gasteiger partial charge in [0.1, 0.15) is 12.2 Å². The zero-order chi connectivity index (χ0) is 11.4. The molecule has 0 atom stereocenters. The van der Waals surface area contributed by atoms with Crippen molar-refractivity contribution in [1.29, 1.82) is 0 Å². The molecule has 86 valence electrons. The molecule has 1 N–H and O–H groups in total. The van der Waals surface area contributed by atoms with Crippen LogP contribution in [0.25, 0.3) is 0 Å². The van der Waals surface area contributed by atoms with Gasteiger partial charge >= 0.3 is 0 Å². The van der Waals surface area contributed by atoms with E-state index in [2.05, 4.69) is 45.2 Å². The molecule has 0 spiro atoms. The molecule has 5 heteroatoms. The molecule has 0 saturated heterocycles. The Morgan fingerprint density at radius 2 is 2.31 bits per heavy atom. The monoisotopic (exact) mass is 219 g/mol. The highest BCUT2D eigenvalue weighted by atomic mass is 15.3. The van der Waals surface area contributed by atoms with E-state index >= 15 is 0 Å². The summed E-state index contributed by atoms with van der Waals surface area (Å²) >= 11 is 0. The van der Waals surface area contributed by atoms with Crippen molar-refractivity contribution in [3.63, 3.8) is 0 Å². The van der Waals surface area contributed by atoms with E-state index < -0.39 is 0 Å². The number of nitrogens with one attached hydrogen (secondary N) is 1. The molecule has 0 aromatic carbocycles. The van der Waals surface area contributed by atoms with Crippen LogP contribution in [0.15, 0.2) is 24.7 Å². The maximum atomic E-state index is 4.22. The Balaban J connectivity index is 2.09. The van der Waals surface area contributed by atoms with Gasteiger partial charge in [0, 0.05) is 25.5 Å². The third-order valence-electron chi connectivity index (χ3n) is 2.60. The molecular formula is C11H17N5. The van der Waals surface area contributed by atoms with Crippen LogP contribution in [0.4, 0.5) is 0 Å². The maximum absolute atomic E-state index is 4.22. The number of aryl methyl sites for hydroxylation is 1. The lowest BCUT2D eigenvalue weighted by Crippen LogP contribution is -2.16. The summed E-state index contributed by atoms with van der Waals surface area (Å²) in [6.07, 6.45) is 3.66. The number of rotatable bonds is 5. The van der Waals surface area contributed by atoms with E-state index in [4.69, 9.17) is 0 Å². The summed E-state index contributed by atoms with van der Waals surface area (Å²) in [6.45, 7) is 4.75. The van der Waals surface area contributed by atoms with Crippen molar-refractivity contribution in [2.75, 3.05) is 6.54 Å². The lowest BCUT2D eigenvalue weighted by molar-refractivity contribution is 0.614. The van der Waals surface area contributed by atoms with Gasteiger partial charge in [-0.2, -0.15) is 5.10 Å². The van der Waals surface area contributed by atoms with E-state index in [1.165, 1.54) is 5.69 Å². The van der Waals surface area contributed by atoms with E-state index in [0.717, 1.165) is 25.5 Å². The molecule has 2 rings (SSSR count). The highest BCUT2D eigenvalue weighted by Gasteiger charge is 2.04. The smallest absolute Gasteiger partial charge is 0.146 e. The summed E-state index contributed by atoms with van der Waals surface area (Å²) in [5, 5.41) is 7.39. The van der Waals surface area contributed by atoms with E-state index in [0.29, 0.717) is 0 Å². The molecule has 0 amide bonds. The zero-order valence-corrected chi connectivity index (χ0v) is 9.72. The summed E-state index contributed by atoms with van der Waals surface area (Å²) in [6, 6.07) is 4.18. The normalized spacial score (nSPS) is 10.9. The van der Waals surface area contributed by atoms with Crippen LogP contribution < -0.4 is 5.32 Å². The highest BCUT2D eigenvalue weighted by Crippen LogP contribution is 2.05. The zero-order valence-electron chi connectivity index (χ0n) is 9.72. The molecule has 2 aromatic heterocycles. The first-order valence-corrected chi connectivity index (χ1v) is 5.49. The van der Waals surface area contributed by atoms with Gasteiger partial charge in [0.2, 0.25) is 0 Å². The van der Waals surface area contributed by atoms with Gasteiger partial charge in [-0.1, -0.05) is 6.92 Å². The average molecular weight is 219 g/mol. The molecule has 0 aliphatic heterocycles. The number of aromatic nitrogens is 4.